The molecule has 0 saturated carbocycles. The first-order valence-corrected chi connectivity index (χ1v) is 7.70. The Labute approximate surface area is 128 Å². The minimum Gasteiger partial charge on any atom is -0.399 e. The van der Waals surface area contributed by atoms with Crippen molar-refractivity contribution in [2.75, 3.05) is 5.73 Å². The highest BCUT2D eigenvalue weighted by atomic mass is 32.2. The Morgan fingerprint density at radius 1 is 1.10 bits per heavy atom. The maximum atomic E-state index is 5.77. The van der Waals surface area contributed by atoms with E-state index in [-0.39, 0.29) is 0 Å². The first kappa shape index (κ1) is 13.8. The van der Waals surface area contributed by atoms with Crippen molar-refractivity contribution in [1.29, 1.82) is 0 Å². The van der Waals surface area contributed by atoms with Gasteiger partial charge in [0.2, 0.25) is 0 Å². The van der Waals surface area contributed by atoms with Gasteiger partial charge < -0.3 is 10.3 Å². The Balaban J connectivity index is 1.69. The summed E-state index contributed by atoms with van der Waals surface area (Å²) in [6.45, 7) is 2.07. The molecule has 0 unspecified atom stereocenters. The van der Waals surface area contributed by atoms with Crippen LogP contribution in [0.2, 0.25) is 0 Å². The molecule has 3 nitrogen and oxygen atoms in total. The maximum Gasteiger partial charge on any atom is 0.147 e. The number of thioether (sulfide) groups is 1. The van der Waals surface area contributed by atoms with E-state index in [9.17, 15) is 0 Å². The van der Waals surface area contributed by atoms with E-state index >= 15 is 0 Å². The van der Waals surface area contributed by atoms with Crippen LogP contribution in [0.3, 0.4) is 0 Å². The van der Waals surface area contributed by atoms with Gasteiger partial charge in [0, 0.05) is 22.2 Å². The molecule has 0 saturated heterocycles. The lowest BCUT2D eigenvalue weighted by atomic mass is 10.1. The molecule has 3 aromatic rings. The van der Waals surface area contributed by atoms with Crippen LogP contribution >= 0.6 is 11.8 Å². The number of rotatable bonds is 4. The van der Waals surface area contributed by atoms with Gasteiger partial charge in [-0.3, -0.25) is 0 Å². The van der Waals surface area contributed by atoms with Crippen molar-refractivity contribution < 1.29 is 4.52 Å². The number of hydrogen-bond acceptors (Lipinski definition) is 4. The van der Waals surface area contributed by atoms with Gasteiger partial charge in [0.1, 0.15) is 11.5 Å². The lowest BCUT2D eigenvalue weighted by molar-refractivity contribution is 0.397. The standard InChI is InChI=1S/C17H16N2OS/c1-12-5-7-13(8-6-12)17-10-15(20-19-17)11-21-16-4-2-3-14(18)9-16/h2-10H,11,18H2,1H3. The van der Waals surface area contributed by atoms with Gasteiger partial charge in [-0.1, -0.05) is 41.1 Å². The van der Waals surface area contributed by atoms with Crippen LogP contribution in [0.4, 0.5) is 5.69 Å². The van der Waals surface area contributed by atoms with Crippen molar-refractivity contribution in [3.8, 4) is 11.3 Å². The zero-order valence-corrected chi connectivity index (χ0v) is 12.6. The molecule has 1 heterocycles. The van der Waals surface area contributed by atoms with E-state index in [0.717, 1.165) is 33.4 Å². The van der Waals surface area contributed by atoms with Crippen molar-refractivity contribution >= 4 is 17.4 Å². The van der Waals surface area contributed by atoms with Crippen LogP contribution in [-0.2, 0) is 5.75 Å². The molecule has 0 fully saturated rings. The first-order chi connectivity index (χ1) is 10.2. The summed E-state index contributed by atoms with van der Waals surface area (Å²) >= 11 is 1.68. The molecule has 0 aliphatic rings. The molecule has 106 valence electrons. The Morgan fingerprint density at radius 3 is 2.67 bits per heavy atom. The van der Waals surface area contributed by atoms with Crippen LogP contribution in [-0.4, -0.2) is 5.16 Å². The second kappa shape index (κ2) is 6.06. The molecule has 4 heteroatoms. The number of nitrogens with two attached hydrogens (primary N) is 1. The average Bonchev–Trinajstić information content (AvgIpc) is 2.95. The van der Waals surface area contributed by atoms with Gasteiger partial charge in [0.15, 0.2) is 0 Å². The van der Waals surface area contributed by atoms with Crippen LogP contribution in [0.5, 0.6) is 0 Å². The molecule has 3 rings (SSSR count). The third-order valence-electron chi connectivity index (χ3n) is 3.15. The predicted octanol–water partition coefficient (Wildman–Crippen LogP) is 4.52. The molecule has 0 aliphatic heterocycles. The maximum absolute atomic E-state index is 5.77. The van der Waals surface area contributed by atoms with E-state index in [4.69, 9.17) is 10.3 Å². The van der Waals surface area contributed by atoms with Crippen molar-refractivity contribution in [2.45, 2.75) is 17.6 Å². The number of anilines is 1. The second-order valence-electron chi connectivity index (χ2n) is 4.91. The highest BCUT2D eigenvalue weighted by Crippen LogP contribution is 2.26. The molecule has 0 amide bonds. The van der Waals surface area contributed by atoms with E-state index in [2.05, 4.69) is 36.3 Å². The highest BCUT2D eigenvalue weighted by molar-refractivity contribution is 7.98. The summed E-state index contributed by atoms with van der Waals surface area (Å²) in [7, 11) is 0. The number of nitrogen functional groups attached to an aromatic ring is 1. The highest BCUT2D eigenvalue weighted by Gasteiger charge is 2.07. The molecule has 1 aromatic heterocycles. The fourth-order valence-corrected chi connectivity index (χ4v) is 2.84. The van der Waals surface area contributed by atoms with Gasteiger partial charge >= 0.3 is 0 Å². The summed E-state index contributed by atoms with van der Waals surface area (Å²) in [5.41, 5.74) is 9.73. The first-order valence-electron chi connectivity index (χ1n) is 6.72. The van der Waals surface area contributed by atoms with E-state index in [1.165, 1.54) is 5.56 Å². The van der Waals surface area contributed by atoms with Crippen LogP contribution in [0.25, 0.3) is 11.3 Å². The Morgan fingerprint density at radius 2 is 1.90 bits per heavy atom. The number of hydrogen-bond donors (Lipinski definition) is 1. The van der Waals surface area contributed by atoms with Crippen LogP contribution < -0.4 is 5.73 Å². The Hall–Kier alpha value is -2.20. The van der Waals surface area contributed by atoms with Gasteiger partial charge in [-0.25, -0.2) is 0 Å². The summed E-state index contributed by atoms with van der Waals surface area (Å²) in [5, 5.41) is 4.13. The Kier molecular flexibility index (Phi) is 3.97. The van der Waals surface area contributed by atoms with Gasteiger partial charge in [-0.15, -0.1) is 11.8 Å². The van der Waals surface area contributed by atoms with E-state index < -0.39 is 0 Å². The van der Waals surface area contributed by atoms with Crippen LogP contribution in [0.15, 0.2) is 64.0 Å². The molecule has 21 heavy (non-hydrogen) atoms. The molecule has 2 N–H and O–H groups in total. The topological polar surface area (TPSA) is 52.0 Å². The Bertz CT molecular complexity index is 735. The fourth-order valence-electron chi connectivity index (χ4n) is 2.00. The van der Waals surface area contributed by atoms with E-state index in [1.807, 2.05) is 30.3 Å². The molecular weight excluding hydrogens is 280 g/mol. The summed E-state index contributed by atoms with van der Waals surface area (Å²) in [6.07, 6.45) is 0. The van der Waals surface area contributed by atoms with Gasteiger partial charge in [-0.05, 0) is 25.1 Å². The number of aryl methyl sites for hydroxylation is 1. The lowest BCUT2D eigenvalue weighted by Gasteiger charge is -1.99. The minimum absolute atomic E-state index is 0.738. The van der Waals surface area contributed by atoms with Crippen LogP contribution in [0, 0.1) is 6.92 Å². The largest absolute Gasteiger partial charge is 0.399 e. The van der Waals surface area contributed by atoms with Gasteiger partial charge in [-0.2, -0.15) is 0 Å². The summed E-state index contributed by atoms with van der Waals surface area (Å²) < 4.78 is 5.40. The molecule has 0 bridgehead atoms. The SMILES string of the molecule is Cc1ccc(-c2cc(CSc3cccc(N)c3)on2)cc1. The number of benzene rings is 2. The zero-order valence-electron chi connectivity index (χ0n) is 11.7. The van der Waals surface area contributed by atoms with Crippen molar-refractivity contribution in [3.63, 3.8) is 0 Å². The fraction of sp³-hybridized carbons (Fsp3) is 0.118. The van der Waals surface area contributed by atoms with E-state index in [1.54, 1.807) is 11.8 Å². The van der Waals surface area contributed by atoms with Crippen molar-refractivity contribution in [3.05, 3.63) is 65.9 Å². The summed E-state index contributed by atoms with van der Waals surface area (Å²) in [5.74, 6) is 1.60. The van der Waals surface area contributed by atoms with E-state index in [0.29, 0.717) is 0 Å². The monoisotopic (exact) mass is 296 g/mol. The molecular formula is C17H16N2OS. The molecule has 0 atom stereocenters. The van der Waals surface area contributed by atoms with Crippen molar-refractivity contribution in [2.24, 2.45) is 0 Å². The molecule has 0 spiro atoms. The minimum atomic E-state index is 0.738. The third kappa shape index (κ3) is 3.47. The van der Waals surface area contributed by atoms with Gasteiger partial charge in [0.25, 0.3) is 0 Å². The quantitative estimate of drug-likeness (QED) is 0.568. The number of nitrogens with zero attached hydrogens (tertiary/aromatic N) is 1. The number of aromatic nitrogens is 1. The zero-order chi connectivity index (χ0) is 14.7. The molecule has 0 aliphatic carbocycles. The van der Waals surface area contributed by atoms with Crippen LogP contribution in [0.1, 0.15) is 11.3 Å². The predicted molar refractivity (Wildman–Crippen MR) is 87.1 cm³/mol. The third-order valence-corrected chi connectivity index (χ3v) is 4.16. The van der Waals surface area contributed by atoms with Crippen molar-refractivity contribution in [1.82, 2.24) is 5.16 Å². The lowest BCUT2D eigenvalue weighted by Crippen LogP contribution is -1.84. The molecule has 2 aromatic carbocycles. The molecule has 0 radical (unpaired) electrons. The second-order valence-corrected chi connectivity index (χ2v) is 5.95. The summed E-state index contributed by atoms with van der Waals surface area (Å²) in [6, 6.07) is 18.1. The van der Waals surface area contributed by atoms with Gasteiger partial charge in [0.05, 0.1) is 5.75 Å². The average molecular weight is 296 g/mol. The smallest absolute Gasteiger partial charge is 0.147 e. The summed E-state index contributed by atoms with van der Waals surface area (Å²) in [4.78, 5) is 1.13. The normalized spacial score (nSPS) is 10.7.